The van der Waals surface area contributed by atoms with Crippen LogP contribution in [0.4, 0.5) is 0 Å². The van der Waals surface area contributed by atoms with Crippen molar-refractivity contribution in [2.24, 2.45) is 5.41 Å². The Kier molecular flexibility index (Phi) is 6.18. The highest BCUT2D eigenvalue weighted by molar-refractivity contribution is 5.89. The van der Waals surface area contributed by atoms with Gasteiger partial charge in [-0.15, -0.1) is 0 Å². The molecule has 0 saturated carbocycles. The number of hydrogen-bond donors (Lipinski definition) is 2. The summed E-state index contributed by atoms with van der Waals surface area (Å²) in [6, 6.07) is 7.63. The number of benzene rings is 1. The molecule has 0 fully saturated rings. The molecule has 1 atom stereocenters. The predicted octanol–water partition coefficient (Wildman–Crippen LogP) is 3.30. The van der Waals surface area contributed by atoms with Crippen LogP contribution in [0.25, 0.3) is 0 Å². The van der Waals surface area contributed by atoms with E-state index in [-0.39, 0.29) is 22.8 Å². The van der Waals surface area contributed by atoms with Crippen molar-refractivity contribution in [3.8, 4) is 5.75 Å². The van der Waals surface area contributed by atoms with E-state index in [2.05, 4.69) is 41.5 Å². The van der Waals surface area contributed by atoms with E-state index < -0.39 is 0 Å². The molecule has 0 saturated heterocycles. The fourth-order valence-corrected chi connectivity index (χ4v) is 2.66. The van der Waals surface area contributed by atoms with Crippen LogP contribution in [0.3, 0.4) is 0 Å². The van der Waals surface area contributed by atoms with E-state index in [1.807, 2.05) is 45.0 Å². The fourth-order valence-electron chi connectivity index (χ4n) is 2.66. The van der Waals surface area contributed by atoms with Crippen molar-refractivity contribution in [1.82, 2.24) is 20.7 Å². The van der Waals surface area contributed by atoms with Gasteiger partial charge < -0.3 is 10.1 Å². The number of rotatable bonds is 7. The van der Waals surface area contributed by atoms with E-state index >= 15 is 0 Å². The van der Waals surface area contributed by atoms with Gasteiger partial charge in [-0.05, 0) is 44.9 Å². The van der Waals surface area contributed by atoms with Crippen LogP contribution < -0.4 is 10.1 Å². The Balaban J connectivity index is 2.04. The van der Waals surface area contributed by atoms with Gasteiger partial charge in [-0.3, -0.25) is 4.79 Å². The van der Waals surface area contributed by atoms with Gasteiger partial charge >= 0.3 is 0 Å². The van der Waals surface area contributed by atoms with Crippen LogP contribution in [0.15, 0.2) is 30.5 Å². The van der Waals surface area contributed by atoms with Gasteiger partial charge in [0.1, 0.15) is 18.1 Å². The molecule has 2 rings (SSSR count). The summed E-state index contributed by atoms with van der Waals surface area (Å²) in [5, 5.41) is 13.7. The summed E-state index contributed by atoms with van der Waals surface area (Å²) >= 11 is 0. The first-order valence-corrected chi connectivity index (χ1v) is 8.93. The Hall–Kier alpha value is -2.21. The third-order valence-electron chi connectivity index (χ3n) is 3.88. The maximum Gasteiger partial charge on any atom is 0.155 e. The Labute approximate surface area is 155 Å². The van der Waals surface area contributed by atoms with E-state index in [4.69, 9.17) is 4.74 Å². The van der Waals surface area contributed by atoms with Crippen LogP contribution in [0, 0.1) is 5.41 Å². The molecule has 1 unspecified atom stereocenters. The van der Waals surface area contributed by atoms with Crippen molar-refractivity contribution in [3.63, 3.8) is 0 Å². The Morgan fingerprint density at radius 2 is 1.81 bits per heavy atom. The summed E-state index contributed by atoms with van der Waals surface area (Å²) in [6.07, 6.45) is 2.28. The Morgan fingerprint density at radius 3 is 2.31 bits per heavy atom. The molecule has 0 radical (unpaired) electrons. The van der Waals surface area contributed by atoms with E-state index in [1.165, 1.54) is 0 Å². The van der Waals surface area contributed by atoms with Gasteiger partial charge in [0.2, 0.25) is 0 Å². The van der Waals surface area contributed by atoms with Crippen molar-refractivity contribution >= 4 is 5.78 Å². The molecule has 1 aromatic heterocycles. The zero-order valence-electron chi connectivity index (χ0n) is 16.6. The van der Waals surface area contributed by atoms with E-state index in [0.717, 1.165) is 17.0 Å². The molecule has 142 valence electrons. The van der Waals surface area contributed by atoms with Crippen LogP contribution in [0.2, 0.25) is 0 Å². The number of nitrogens with one attached hydrogen (secondary N) is 2. The molecule has 1 heterocycles. The first kappa shape index (κ1) is 20.1. The molecule has 6 heteroatoms. The van der Waals surface area contributed by atoms with Gasteiger partial charge in [0.05, 0.1) is 12.2 Å². The average molecular weight is 358 g/mol. The minimum absolute atomic E-state index is 0.133. The average Bonchev–Trinajstić information content (AvgIpc) is 3.04. The number of H-pyrrole nitrogens is 1. The third-order valence-corrected chi connectivity index (χ3v) is 3.88. The summed E-state index contributed by atoms with van der Waals surface area (Å²) in [7, 11) is 0. The molecule has 2 aromatic rings. The maximum absolute atomic E-state index is 12.8. The summed E-state index contributed by atoms with van der Waals surface area (Å²) in [5.41, 5.74) is 1.33. The fraction of sp³-hybridized carbons (Fsp3) is 0.550. The maximum atomic E-state index is 12.8. The second kappa shape index (κ2) is 7.99. The summed E-state index contributed by atoms with van der Waals surface area (Å²) in [5.74, 6) is 0.984. The number of ether oxygens (including phenoxy) is 1. The SMILES string of the molecule is CC(C)(C)NC(Cc1ccc(OCc2cn[nH]n2)cc1)C(=O)C(C)(C)C. The molecule has 0 aliphatic carbocycles. The summed E-state index contributed by atoms with van der Waals surface area (Å²) in [4.78, 5) is 12.8. The molecule has 0 bridgehead atoms. The first-order valence-electron chi connectivity index (χ1n) is 8.93. The lowest BCUT2D eigenvalue weighted by molar-refractivity contribution is -0.128. The van der Waals surface area contributed by atoms with Crippen LogP contribution in [0.5, 0.6) is 5.75 Å². The van der Waals surface area contributed by atoms with E-state index in [1.54, 1.807) is 6.20 Å². The number of aromatic amines is 1. The monoisotopic (exact) mass is 358 g/mol. The lowest BCUT2D eigenvalue weighted by atomic mass is 9.83. The summed E-state index contributed by atoms with van der Waals surface area (Å²) in [6.45, 7) is 12.5. The van der Waals surface area contributed by atoms with Gasteiger partial charge in [-0.25, -0.2) is 0 Å². The molecule has 6 nitrogen and oxygen atoms in total. The van der Waals surface area contributed by atoms with Crippen molar-refractivity contribution in [1.29, 1.82) is 0 Å². The van der Waals surface area contributed by atoms with E-state index in [9.17, 15) is 4.79 Å². The molecule has 0 aliphatic heterocycles. The number of Topliss-reactive ketones (excluding diaryl/α,β-unsaturated/α-hetero) is 1. The largest absolute Gasteiger partial charge is 0.487 e. The van der Waals surface area contributed by atoms with Crippen LogP contribution in [-0.4, -0.2) is 32.8 Å². The molecule has 26 heavy (non-hydrogen) atoms. The lowest BCUT2D eigenvalue weighted by Gasteiger charge is -2.32. The highest BCUT2D eigenvalue weighted by Gasteiger charge is 2.31. The van der Waals surface area contributed by atoms with Gasteiger partial charge in [0.25, 0.3) is 0 Å². The molecule has 0 aliphatic rings. The topological polar surface area (TPSA) is 79.9 Å². The number of ketones is 1. The van der Waals surface area contributed by atoms with Crippen LogP contribution in [-0.2, 0) is 17.8 Å². The highest BCUT2D eigenvalue weighted by Crippen LogP contribution is 2.22. The van der Waals surface area contributed by atoms with Gasteiger partial charge in [0.15, 0.2) is 5.78 Å². The second-order valence-electron chi connectivity index (χ2n) is 8.66. The Bertz CT molecular complexity index is 695. The zero-order chi connectivity index (χ0) is 19.4. The standard InChI is InChI=1S/C20H30N4O2/c1-19(2,3)18(25)17(22-20(4,5)6)11-14-7-9-16(10-8-14)26-13-15-12-21-24-23-15/h7-10,12,17,22H,11,13H2,1-6H3,(H,21,23,24). The number of aromatic nitrogens is 3. The first-order chi connectivity index (χ1) is 12.0. The normalized spacial score (nSPS) is 13.5. The Morgan fingerprint density at radius 1 is 1.15 bits per heavy atom. The molecule has 0 amide bonds. The molecular weight excluding hydrogens is 328 g/mol. The van der Waals surface area contributed by atoms with E-state index in [0.29, 0.717) is 13.0 Å². The van der Waals surface area contributed by atoms with Crippen molar-refractivity contribution in [3.05, 3.63) is 41.7 Å². The molecule has 2 N–H and O–H groups in total. The minimum Gasteiger partial charge on any atom is -0.487 e. The zero-order valence-corrected chi connectivity index (χ0v) is 16.6. The predicted molar refractivity (Wildman–Crippen MR) is 102 cm³/mol. The highest BCUT2D eigenvalue weighted by atomic mass is 16.5. The van der Waals surface area contributed by atoms with Crippen molar-refractivity contribution in [2.75, 3.05) is 0 Å². The summed E-state index contributed by atoms with van der Waals surface area (Å²) < 4.78 is 5.69. The van der Waals surface area contributed by atoms with Gasteiger partial charge in [0, 0.05) is 11.0 Å². The van der Waals surface area contributed by atoms with Crippen LogP contribution in [0.1, 0.15) is 52.8 Å². The van der Waals surface area contributed by atoms with Gasteiger partial charge in [-0.1, -0.05) is 32.9 Å². The lowest BCUT2D eigenvalue weighted by Crippen LogP contribution is -2.51. The number of carbonyl (C=O) groups is 1. The molecular formula is C20H30N4O2. The van der Waals surface area contributed by atoms with Crippen LogP contribution >= 0.6 is 0 Å². The van der Waals surface area contributed by atoms with Crippen molar-refractivity contribution < 1.29 is 9.53 Å². The number of hydrogen-bond acceptors (Lipinski definition) is 5. The quantitative estimate of drug-likeness (QED) is 0.794. The second-order valence-corrected chi connectivity index (χ2v) is 8.66. The minimum atomic E-state index is -0.385. The number of carbonyl (C=O) groups excluding carboxylic acids is 1. The van der Waals surface area contributed by atoms with Crippen molar-refractivity contribution in [2.45, 2.75) is 66.2 Å². The molecule has 1 aromatic carbocycles. The smallest absolute Gasteiger partial charge is 0.155 e. The number of nitrogens with zero attached hydrogens (tertiary/aromatic N) is 2. The third kappa shape index (κ3) is 6.26. The molecule has 0 spiro atoms. The van der Waals surface area contributed by atoms with Gasteiger partial charge in [-0.2, -0.15) is 15.4 Å².